The Bertz CT molecular complexity index is 3580. The summed E-state index contributed by atoms with van der Waals surface area (Å²) in [5, 5.41) is 10.0. The summed E-state index contributed by atoms with van der Waals surface area (Å²) in [5.41, 5.74) is 13.8. The molecule has 0 saturated heterocycles. The van der Waals surface area contributed by atoms with Crippen molar-refractivity contribution in [2.75, 3.05) is 4.90 Å². The van der Waals surface area contributed by atoms with Crippen LogP contribution in [0.15, 0.2) is 243 Å². The van der Waals surface area contributed by atoms with Gasteiger partial charge in [0.05, 0.1) is 16.7 Å². The van der Waals surface area contributed by atoms with Crippen LogP contribution in [0.1, 0.15) is 0 Å². The third-order valence-electron chi connectivity index (χ3n) is 12.5. The van der Waals surface area contributed by atoms with Crippen LogP contribution in [0.5, 0.6) is 0 Å². The van der Waals surface area contributed by atoms with Gasteiger partial charge in [-0.3, -0.25) is 0 Å². The molecule has 62 heavy (non-hydrogen) atoms. The van der Waals surface area contributed by atoms with E-state index in [1.165, 1.54) is 70.8 Å². The lowest BCUT2D eigenvalue weighted by atomic mass is 9.95. The highest BCUT2D eigenvalue weighted by molar-refractivity contribution is 6.10. The molecule has 1 aromatic heterocycles. The first-order valence-electron chi connectivity index (χ1n) is 21.3. The topological polar surface area (TPSA) is 8.17 Å². The second-order valence-electron chi connectivity index (χ2n) is 16.2. The van der Waals surface area contributed by atoms with Gasteiger partial charge in [0.25, 0.3) is 0 Å². The largest absolute Gasteiger partial charge is 0.310 e. The third-order valence-corrected chi connectivity index (χ3v) is 12.5. The molecule has 12 aromatic rings. The van der Waals surface area contributed by atoms with Crippen LogP contribution in [0.4, 0.5) is 17.1 Å². The molecule has 12 rings (SSSR count). The van der Waals surface area contributed by atoms with E-state index in [0.717, 1.165) is 39.4 Å². The van der Waals surface area contributed by atoms with Gasteiger partial charge in [-0.2, -0.15) is 0 Å². The fraction of sp³-hybridized carbons (Fsp3) is 0. The summed E-state index contributed by atoms with van der Waals surface area (Å²) in [7, 11) is 0. The maximum atomic E-state index is 2.45. The standard InChI is InChI=1S/C60H40N2/c1-2-14-43(15-3-1)55-36-32-48(47-27-25-41-13-4-5-17-45(41)37-47)39-60(55)61(51-18-12-19-52(40-51)62-58-23-10-8-21-56(58)57-22-9-11-24-59(57)62)50-33-29-42(30-34-50)46-31-35-54-49(38-46)28-26-44-16-6-7-20-53(44)54/h1-40H. The molecule has 0 aliphatic heterocycles. The number of fused-ring (bicyclic) bond motifs is 7. The summed E-state index contributed by atoms with van der Waals surface area (Å²) in [6, 6.07) is 88.7. The van der Waals surface area contributed by atoms with Crippen molar-refractivity contribution in [2.45, 2.75) is 0 Å². The number of nitrogens with zero attached hydrogens (tertiary/aromatic N) is 2. The summed E-state index contributed by atoms with van der Waals surface area (Å²) >= 11 is 0. The highest BCUT2D eigenvalue weighted by atomic mass is 15.1. The molecule has 0 aliphatic carbocycles. The molecule has 0 spiro atoms. The first-order chi connectivity index (χ1) is 30.7. The summed E-state index contributed by atoms with van der Waals surface area (Å²) < 4.78 is 2.40. The van der Waals surface area contributed by atoms with Gasteiger partial charge < -0.3 is 9.47 Å². The predicted molar refractivity (Wildman–Crippen MR) is 264 cm³/mol. The quantitative estimate of drug-likeness (QED) is 0.146. The summed E-state index contributed by atoms with van der Waals surface area (Å²) in [6.07, 6.45) is 0. The fourth-order valence-electron chi connectivity index (χ4n) is 9.52. The van der Waals surface area contributed by atoms with Crippen LogP contribution in [0.25, 0.3) is 93.2 Å². The lowest BCUT2D eigenvalue weighted by Crippen LogP contribution is -2.12. The smallest absolute Gasteiger partial charge is 0.0546 e. The van der Waals surface area contributed by atoms with Gasteiger partial charge in [-0.05, 0) is 121 Å². The zero-order valence-corrected chi connectivity index (χ0v) is 34.0. The summed E-state index contributed by atoms with van der Waals surface area (Å²) in [6.45, 7) is 0. The van der Waals surface area contributed by atoms with Crippen molar-refractivity contribution in [1.82, 2.24) is 4.57 Å². The van der Waals surface area contributed by atoms with Crippen molar-refractivity contribution >= 4 is 71.2 Å². The molecule has 0 aliphatic rings. The molecule has 0 bridgehead atoms. The first kappa shape index (κ1) is 35.7. The Morgan fingerprint density at radius 2 is 0.823 bits per heavy atom. The number of aromatic nitrogens is 1. The molecular formula is C60H40N2. The lowest BCUT2D eigenvalue weighted by Gasteiger charge is -2.29. The minimum atomic E-state index is 1.07. The number of para-hydroxylation sites is 2. The Kier molecular flexibility index (Phi) is 8.53. The van der Waals surface area contributed by atoms with Crippen molar-refractivity contribution < 1.29 is 0 Å². The van der Waals surface area contributed by atoms with Gasteiger partial charge in [0, 0.05) is 33.4 Å². The average Bonchev–Trinajstić information content (AvgIpc) is 3.69. The van der Waals surface area contributed by atoms with E-state index in [1.807, 2.05) is 0 Å². The van der Waals surface area contributed by atoms with E-state index >= 15 is 0 Å². The van der Waals surface area contributed by atoms with Gasteiger partial charge >= 0.3 is 0 Å². The second-order valence-corrected chi connectivity index (χ2v) is 16.2. The lowest BCUT2D eigenvalue weighted by molar-refractivity contribution is 1.17. The van der Waals surface area contributed by atoms with Gasteiger partial charge in [-0.15, -0.1) is 0 Å². The highest BCUT2D eigenvalue weighted by Gasteiger charge is 2.21. The van der Waals surface area contributed by atoms with Gasteiger partial charge in [0.2, 0.25) is 0 Å². The van der Waals surface area contributed by atoms with E-state index in [0.29, 0.717) is 0 Å². The molecule has 0 saturated carbocycles. The number of rotatable bonds is 7. The van der Waals surface area contributed by atoms with Crippen LogP contribution in [0.3, 0.4) is 0 Å². The van der Waals surface area contributed by atoms with Crippen LogP contribution in [0.2, 0.25) is 0 Å². The monoisotopic (exact) mass is 788 g/mol. The third kappa shape index (κ3) is 6.12. The van der Waals surface area contributed by atoms with Gasteiger partial charge in [0.15, 0.2) is 0 Å². The predicted octanol–water partition coefficient (Wildman–Crippen LogP) is 16.7. The van der Waals surface area contributed by atoms with Crippen LogP contribution in [-0.2, 0) is 0 Å². The van der Waals surface area contributed by atoms with Gasteiger partial charge in [0.1, 0.15) is 0 Å². The van der Waals surface area contributed by atoms with E-state index in [-0.39, 0.29) is 0 Å². The van der Waals surface area contributed by atoms with Crippen molar-refractivity contribution in [3.63, 3.8) is 0 Å². The number of anilines is 3. The average molecular weight is 789 g/mol. The minimum absolute atomic E-state index is 1.07. The Morgan fingerprint density at radius 3 is 1.61 bits per heavy atom. The highest BCUT2D eigenvalue weighted by Crippen LogP contribution is 2.45. The molecule has 0 fully saturated rings. The number of hydrogen-bond acceptors (Lipinski definition) is 1. The zero-order chi connectivity index (χ0) is 41.0. The molecule has 1 heterocycles. The van der Waals surface area contributed by atoms with Crippen LogP contribution in [0, 0.1) is 0 Å². The Balaban J connectivity index is 1.06. The minimum Gasteiger partial charge on any atom is -0.310 e. The molecule has 0 atom stereocenters. The van der Waals surface area contributed by atoms with Crippen LogP contribution >= 0.6 is 0 Å². The Hall–Kier alpha value is -8.20. The van der Waals surface area contributed by atoms with Crippen LogP contribution in [-0.4, -0.2) is 4.57 Å². The molecule has 0 unspecified atom stereocenters. The Labute approximate surface area is 360 Å². The van der Waals surface area contributed by atoms with E-state index in [1.54, 1.807) is 0 Å². The molecule has 0 radical (unpaired) electrons. The summed E-state index contributed by atoms with van der Waals surface area (Å²) in [4.78, 5) is 2.45. The van der Waals surface area contributed by atoms with E-state index in [4.69, 9.17) is 0 Å². The van der Waals surface area contributed by atoms with Crippen LogP contribution < -0.4 is 4.90 Å². The van der Waals surface area contributed by atoms with E-state index in [2.05, 4.69) is 252 Å². The van der Waals surface area contributed by atoms with E-state index in [9.17, 15) is 0 Å². The van der Waals surface area contributed by atoms with Gasteiger partial charge in [-0.1, -0.05) is 182 Å². The van der Waals surface area contributed by atoms with Crippen molar-refractivity contribution in [2.24, 2.45) is 0 Å². The van der Waals surface area contributed by atoms with Crippen molar-refractivity contribution in [1.29, 1.82) is 0 Å². The Morgan fingerprint density at radius 1 is 0.274 bits per heavy atom. The molecule has 290 valence electrons. The molecule has 2 heteroatoms. The van der Waals surface area contributed by atoms with Gasteiger partial charge in [-0.25, -0.2) is 0 Å². The maximum absolute atomic E-state index is 2.45. The van der Waals surface area contributed by atoms with Crippen molar-refractivity contribution in [3.8, 4) is 39.1 Å². The second kappa shape index (κ2) is 14.8. The van der Waals surface area contributed by atoms with Crippen molar-refractivity contribution in [3.05, 3.63) is 243 Å². The molecule has 2 nitrogen and oxygen atoms in total. The van der Waals surface area contributed by atoms with E-state index < -0.39 is 0 Å². The SMILES string of the molecule is c1ccc(-c2ccc(-c3ccc4ccccc4c3)cc2N(c2ccc(-c3ccc4c(ccc5ccccc54)c3)cc2)c2cccc(-n3c4ccccc4c4ccccc43)c2)cc1. The number of hydrogen-bond donors (Lipinski definition) is 0. The molecular weight excluding hydrogens is 749 g/mol. The maximum Gasteiger partial charge on any atom is 0.0546 e. The molecule has 11 aromatic carbocycles. The normalized spacial score (nSPS) is 11.5. The fourth-order valence-corrected chi connectivity index (χ4v) is 9.52. The summed E-state index contributed by atoms with van der Waals surface area (Å²) in [5.74, 6) is 0. The molecule has 0 N–H and O–H groups in total. The first-order valence-corrected chi connectivity index (χ1v) is 21.3. The number of benzene rings is 11. The molecule has 0 amide bonds. The zero-order valence-electron chi connectivity index (χ0n) is 34.0.